The van der Waals surface area contributed by atoms with E-state index in [1.807, 2.05) is 46.0 Å². The van der Waals surface area contributed by atoms with Gasteiger partial charge in [-0.2, -0.15) is 13.2 Å². The van der Waals surface area contributed by atoms with Crippen LogP contribution in [0.5, 0.6) is 0 Å². The number of nitrogens with one attached hydrogen (secondary N) is 1. The van der Waals surface area contributed by atoms with Gasteiger partial charge in [0.15, 0.2) is 0 Å². The van der Waals surface area contributed by atoms with E-state index in [2.05, 4.69) is 30.1 Å². The molecule has 0 spiro atoms. The van der Waals surface area contributed by atoms with Crippen LogP contribution >= 0.6 is 0 Å². The fraction of sp³-hybridized carbons (Fsp3) is 0.462. The molecule has 0 aliphatic rings. The Morgan fingerprint density at radius 3 is 2.21 bits per heavy atom. The fourth-order valence-corrected chi connectivity index (χ4v) is 4.66. The van der Waals surface area contributed by atoms with Crippen LogP contribution in [0.2, 0.25) is 0 Å². The predicted octanol–water partition coefficient (Wildman–Crippen LogP) is 7.49. The van der Waals surface area contributed by atoms with E-state index in [1.165, 1.54) is 12.1 Å². The molecule has 33 heavy (non-hydrogen) atoms. The monoisotopic (exact) mass is 478 g/mol. The van der Waals surface area contributed by atoms with Gasteiger partial charge in [0, 0.05) is 35.0 Å². The van der Waals surface area contributed by atoms with Crippen LogP contribution in [0, 0.1) is 5.41 Å². The molecule has 1 aromatic heterocycles. The SMILES string of the molecule is C[C@@H](N[S@@+]([O-])C(C)(C)C)c1cn(CC(C)(C)C)c2cc(-c3ccccc3C(F)(F)F)ccc12. The van der Waals surface area contributed by atoms with Gasteiger partial charge in [0.2, 0.25) is 0 Å². The molecule has 180 valence electrons. The van der Waals surface area contributed by atoms with E-state index in [1.54, 1.807) is 12.1 Å². The maximum Gasteiger partial charge on any atom is 0.417 e. The van der Waals surface area contributed by atoms with Gasteiger partial charge in [-0.3, -0.25) is 0 Å². The number of halogens is 3. The first-order valence-electron chi connectivity index (χ1n) is 11.1. The van der Waals surface area contributed by atoms with Crippen molar-refractivity contribution in [1.82, 2.24) is 9.29 Å². The Morgan fingerprint density at radius 2 is 1.64 bits per heavy atom. The highest BCUT2D eigenvalue weighted by Gasteiger charge is 2.34. The second-order valence-corrected chi connectivity index (χ2v) is 12.8. The van der Waals surface area contributed by atoms with E-state index in [9.17, 15) is 17.7 Å². The summed E-state index contributed by atoms with van der Waals surface area (Å²) in [5.74, 6) is 0. The van der Waals surface area contributed by atoms with Gasteiger partial charge >= 0.3 is 6.18 Å². The molecule has 3 nitrogen and oxygen atoms in total. The minimum absolute atomic E-state index is 0.0337. The Kier molecular flexibility index (Phi) is 7.00. The van der Waals surface area contributed by atoms with Gasteiger partial charge in [-0.1, -0.05) is 51.1 Å². The number of rotatable bonds is 5. The summed E-state index contributed by atoms with van der Waals surface area (Å²) in [6.07, 6.45) is -2.40. The Labute approximate surface area is 197 Å². The smallest absolute Gasteiger partial charge is 0.417 e. The predicted molar refractivity (Wildman–Crippen MR) is 131 cm³/mol. The van der Waals surface area contributed by atoms with E-state index >= 15 is 0 Å². The van der Waals surface area contributed by atoms with Gasteiger partial charge < -0.3 is 9.12 Å². The van der Waals surface area contributed by atoms with Gasteiger partial charge in [0.25, 0.3) is 0 Å². The van der Waals surface area contributed by atoms with Crippen molar-refractivity contribution in [2.45, 2.75) is 72.0 Å². The average molecular weight is 479 g/mol. The molecular formula is C26H33F3N2OS. The summed E-state index contributed by atoms with van der Waals surface area (Å²) in [4.78, 5) is 0. The van der Waals surface area contributed by atoms with Crippen molar-refractivity contribution < 1.29 is 17.7 Å². The van der Waals surface area contributed by atoms with Crippen LogP contribution in [0.4, 0.5) is 13.2 Å². The van der Waals surface area contributed by atoms with Crippen molar-refractivity contribution in [3.8, 4) is 11.1 Å². The number of alkyl halides is 3. The van der Waals surface area contributed by atoms with Gasteiger partial charge in [-0.25, -0.2) is 0 Å². The molecule has 3 aromatic rings. The lowest BCUT2D eigenvalue weighted by Gasteiger charge is -2.26. The first-order chi connectivity index (χ1) is 15.1. The van der Waals surface area contributed by atoms with Crippen LogP contribution in [0.15, 0.2) is 48.7 Å². The molecule has 0 radical (unpaired) electrons. The van der Waals surface area contributed by atoms with Crippen LogP contribution in [-0.2, 0) is 24.1 Å². The normalized spacial score (nSPS) is 15.1. The number of hydrogen-bond donors (Lipinski definition) is 1. The van der Waals surface area contributed by atoms with E-state index in [0.29, 0.717) is 12.1 Å². The number of nitrogens with zero attached hydrogens (tertiary/aromatic N) is 1. The lowest BCUT2D eigenvalue weighted by molar-refractivity contribution is -0.137. The van der Waals surface area contributed by atoms with Gasteiger partial charge in [-0.05, 0) is 61.9 Å². The zero-order valence-corrected chi connectivity index (χ0v) is 21.1. The van der Waals surface area contributed by atoms with Crippen molar-refractivity contribution in [3.05, 3.63) is 59.8 Å². The van der Waals surface area contributed by atoms with E-state index in [0.717, 1.165) is 22.5 Å². The molecule has 0 fully saturated rings. The average Bonchev–Trinajstić information content (AvgIpc) is 3.02. The Balaban J connectivity index is 2.14. The van der Waals surface area contributed by atoms with Crippen LogP contribution in [-0.4, -0.2) is 13.9 Å². The number of hydrogen-bond acceptors (Lipinski definition) is 2. The molecule has 0 amide bonds. The highest BCUT2D eigenvalue weighted by molar-refractivity contribution is 7.90. The quantitative estimate of drug-likeness (QED) is 0.386. The van der Waals surface area contributed by atoms with Crippen molar-refractivity contribution in [2.75, 3.05) is 0 Å². The molecule has 2 atom stereocenters. The molecule has 0 aliphatic heterocycles. The standard InChI is InChI=1S/C26H33F3N2OS/c1-17(30-33(32)25(5,6)7)21-15-31(16-24(2,3)4)23-14-18(12-13-20(21)23)19-10-8-9-11-22(19)26(27,28)29/h8-15,17,30H,16H2,1-7H3/t17-,33+/m1/s1. The second-order valence-electron chi connectivity index (χ2n) is 10.8. The highest BCUT2D eigenvalue weighted by atomic mass is 32.2. The summed E-state index contributed by atoms with van der Waals surface area (Å²) >= 11 is -1.25. The third kappa shape index (κ3) is 5.94. The molecule has 0 saturated heterocycles. The van der Waals surface area contributed by atoms with E-state index < -0.39 is 27.8 Å². The van der Waals surface area contributed by atoms with Crippen molar-refractivity contribution in [2.24, 2.45) is 5.41 Å². The van der Waals surface area contributed by atoms with Crippen molar-refractivity contribution in [3.63, 3.8) is 0 Å². The maximum atomic E-state index is 13.6. The summed E-state index contributed by atoms with van der Waals surface area (Å²) in [6.45, 7) is 14.8. The second kappa shape index (κ2) is 9.01. The molecular weight excluding hydrogens is 445 g/mol. The lowest BCUT2D eigenvalue weighted by Crippen LogP contribution is -2.40. The lowest BCUT2D eigenvalue weighted by atomic mass is 9.96. The summed E-state index contributed by atoms with van der Waals surface area (Å²) < 4.78 is 58.5. The summed E-state index contributed by atoms with van der Waals surface area (Å²) in [5.41, 5.74) is 1.85. The highest BCUT2D eigenvalue weighted by Crippen LogP contribution is 2.39. The molecule has 0 bridgehead atoms. The van der Waals surface area contributed by atoms with Gasteiger partial charge in [-0.15, -0.1) is 4.72 Å². The fourth-order valence-electron chi connectivity index (χ4n) is 3.86. The number of benzene rings is 2. The minimum atomic E-state index is -4.43. The zero-order chi connectivity index (χ0) is 24.8. The Bertz CT molecular complexity index is 1120. The third-order valence-corrected chi connectivity index (χ3v) is 7.09. The number of aromatic nitrogens is 1. The third-order valence-electron chi connectivity index (χ3n) is 5.41. The van der Waals surface area contributed by atoms with Crippen LogP contribution < -0.4 is 4.72 Å². The van der Waals surface area contributed by atoms with Gasteiger partial charge in [0.05, 0.1) is 11.6 Å². The van der Waals surface area contributed by atoms with Crippen LogP contribution in [0.1, 0.15) is 65.6 Å². The molecule has 3 rings (SSSR count). The van der Waals surface area contributed by atoms with E-state index in [-0.39, 0.29) is 17.0 Å². The Morgan fingerprint density at radius 1 is 1.00 bits per heavy atom. The first-order valence-corrected chi connectivity index (χ1v) is 12.2. The molecule has 0 aliphatic carbocycles. The molecule has 1 heterocycles. The minimum Gasteiger partial charge on any atom is -0.598 e. The molecule has 0 unspecified atom stereocenters. The molecule has 7 heteroatoms. The summed E-state index contributed by atoms with van der Waals surface area (Å²) in [5, 5.41) is 0.943. The van der Waals surface area contributed by atoms with E-state index in [4.69, 9.17) is 0 Å². The first kappa shape index (κ1) is 25.7. The molecule has 2 aromatic carbocycles. The molecule has 0 saturated carbocycles. The largest absolute Gasteiger partial charge is 0.598 e. The topological polar surface area (TPSA) is 40.0 Å². The maximum absolute atomic E-state index is 13.6. The molecule has 1 N–H and O–H groups in total. The van der Waals surface area contributed by atoms with Crippen molar-refractivity contribution >= 4 is 22.3 Å². The van der Waals surface area contributed by atoms with Gasteiger partial charge in [0.1, 0.15) is 4.75 Å². The number of fused-ring (bicyclic) bond motifs is 1. The zero-order valence-electron chi connectivity index (χ0n) is 20.3. The van der Waals surface area contributed by atoms with Crippen LogP contribution in [0.25, 0.3) is 22.0 Å². The van der Waals surface area contributed by atoms with Crippen molar-refractivity contribution in [1.29, 1.82) is 0 Å². The van der Waals surface area contributed by atoms with Crippen LogP contribution in [0.3, 0.4) is 0 Å². The summed E-state index contributed by atoms with van der Waals surface area (Å²) in [7, 11) is 0. The summed E-state index contributed by atoms with van der Waals surface area (Å²) in [6, 6.07) is 10.9. The Hall–Kier alpha value is -1.96.